The third-order valence-electron chi connectivity index (χ3n) is 2.87. The van der Waals surface area contributed by atoms with Gasteiger partial charge in [0.15, 0.2) is 0 Å². The summed E-state index contributed by atoms with van der Waals surface area (Å²) >= 11 is 3.06. The first-order valence-electron chi connectivity index (χ1n) is 6.05. The van der Waals surface area contributed by atoms with Crippen LogP contribution >= 0.6 is 15.9 Å². The van der Waals surface area contributed by atoms with E-state index in [-0.39, 0.29) is 16.2 Å². The van der Waals surface area contributed by atoms with Crippen molar-refractivity contribution in [1.82, 2.24) is 0 Å². The number of halogens is 3. The van der Waals surface area contributed by atoms with Crippen LogP contribution in [0.5, 0.6) is 0 Å². The number of benzene rings is 2. The molecule has 0 N–H and O–H groups in total. The number of hydrogen-bond acceptors (Lipinski definition) is 1. The van der Waals surface area contributed by atoms with E-state index in [1.165, 1.54) is 47.4 Å². The normalized spacial score (nSPS) is 10.4. The molecule has 2 aromatic carbocycles. The molecule has 0 aliphatic carbocycles. The number of nitrogens with zero attached hydrogens (tertiary/aromatic N) is 1. The van der Waals surface area contributed by atoms with Crippen LogP contribution in [0.4, 0.5) is 14.5 Å². The lowest BCUT2D eigenvalue weighted by Gasteiger charge is -2.21. The molecule has 1 amide bonds. The van der Waals surface area contributed by atoms with Gasteiger partial charge in [-0.3, -0.25) is 4.79 Å². The maximum Gasteiger partial charge on any atom is 0.258 e. The molecule has 0 unspecified atom stereocenters. The summed E-state index contributed by atoms with van der Waals surface area (Å²) in [5, 5.41) is 0. The highest BCUT2D eigenvalue weighted by Gasteiger charge is 2.17. The summed E-state index contributed by atoms with van der Waals surface area (Å²) in [5.41, 5.74) is 0.962. The Balaban J connectivity index is 2.33. The van der Waals surface area contributed by atoms with E-state index in [1.54, 1.807) is 0 Å². The van der Waals surface area contributed by atoms with Crippen LogP contribution < -0.4 is 4.90 Å². The molecule has 0 saturated heterocycles. The predicted molar refractivity (Wildman–Crippen MR) is 77.9 cm³/mol. The summed E-state index contributed by atoms with van der Waals surface area (Å²) in [6.07, 6.45) is 0. The average Bonchev–Trinajstić information content (AvgIpc) is 2.44. The van der Waals surface area contributed by atoms with E-state index < -0.39 is 5.82 Å². The lowest BCUT2D eigenvalue weighted by atomic mass is 10.1. The third kappa shape index (κ3) is 3.04. The summed E-state index contributed by atoms with van der Waals surface area (Å²) in [4.78, 5) is 13.9. The first-order valence-corrected chi connectivity index (χ1v) is 6.84. The van der Waals surface area contributed by atoms with Crippen molar-refractivity contribution >= 4 is 27.5 Å². The topological polar surface area (TPSA) is 20.3 Å². The van der Waals surface area contributed by atoms with Gasteiger partial charge in [0.05, 0.1) is 4.47 Å². The van der Waals surface area contributed by atoms with E-state index in [2.05, 4.69) is 15.9 Å². The van der Waals surface area contributed by atoms with Crippen molar-refractivity contribution in [2.45, 2.75) is 6.92 Å². The Morgan fingerprint density at radius 3 is 2.35 bits per heavy atom. The molecule has 2 rings (SSSR count). The fourth-order valence-electron chi connectivity index (χ4n) is 1.85. The lowest BCUT2D eigenvalue weighted by molar-refractivity contribution is 0.0988. The van der Waals surface area contributed by atoms with E-state index in [1.807, 2.05) is 6.92 Å². The fraction of sp³-hybridized carbons (Fsp3) is 0.133. The van der Waals surface area contributed by atoms with Crippen LogP contribution in [0.3, 0.4) is 0 Å². The minimum Gasteiger partial charge on any atom is -0.309 e. The van der Waals surface area contributed by atoms with Crippen LogP contribution in [-0.4, -0.2) is 12.5 Å². The van der Waals surface area contributed by atoms with E-state index in [9.17, 15) is 13.6 Å². The van der Waals surface area contributed by atoms with E-state index in [0.717, 1.165) is 0 Å². The first-order chi connectivity index (χ1) is 9.52. The molecule has 0 spiro atoms. The molecule has 0 heterocycles. The van der Waals surface area contributed by atoms with Gasteiger partial charge in [-0.25, -0.2) is 8.78 Å². The Labute approximate surface area is 124 Å². The zero-order chi connectivity index (χ0) is 14.7. The Hall–Kier alpha value is -1.75. The minimum atomic E-state index is -0.425. The Morgan fingerprint density at radius 2 is 1.80 bits per heavy atom. The SMILES string of the molecule is CCN(C(=O)c1ccc(F)c(Br)c1)c1ccc(F)cc1. The maximum atomic E-state index is 13.2. The highest BCUT2D eigenvalue weighted by atomic mass is 79.9. The molecule has 0 radical (unpaired) electrons. The second-order valence-electron chi connectivity index (χ2n) is 4.15. The Bertz CT molecular complexity index is 628. The van der Waals surface area contributed by atoms with Gasteiger partial charge in [-0.05, 0) is 65.3 Å². The monoisotopic (exact) mass is 339 g/mol. The lowest BCUT2D eigenvalue weighted by Crippen LogP contribution is -2.30. The number of amides is 1. The van der Waals surface area contributed by atoms with Crippen LogP contribution in [0.1, 0.15) is 17.3 Å². The second kappa shape index (κ2) is 6.13. The van der Waals surface area contributed by atoms with E-state index in [4.69, 9.17) is 0 Å². The number of carbonyl (C=O) groups excluding carboxylic acids is 1. The summed E-state index contributed by atoms with van der Waals surface area (Å²) in [7, 11) is 0. The van der Waals surface area contributed by atoms with E-state index >= 15 is 0 Å². The van der Waals surface area contributed by atoms with Crippen molar-refractivity contribution in [1.29, 1.82) is 0 Å². The number of hydrogen-bond donors (Lipinski definition) is 0. The van der Waals surface area contributed by atoms with E-state index in [0.29, 0.717) is 17.8 Å². The molecule has 0 saturated carbocycles. The summed E-state index contributed by atoms with van der Waals surface area (Å²) < 4.78 is 26.4. The van der Waals surface area contributed by atoms with Gasteiger partial charge in [0.1, 0.15) is 11.6 Å². The molecule has 0 bridgehead atoms. The molecule has 2 nitrogen and oxygen atoms in total. The molecule has 0 aliphatic heterocycles. The molecular weight excluding hydrogens is 328 g/mol. The summed E-state index contributed by atoms with van der Waals surface area (Å²) in [5.74, 6) is -1.05. The molecule has 0 aliphatic rings. The number of carbonyl (C=O) groups is 1. The molecule has 0 aromatic heterocycles. The minimum absolute atomic E-state index is 0.235. The van der Waals surface area contributed by atoms with Crippen molar-refractivity contribution in [2.24, 2.45) is 0 Å². The molecule has 0 fully saturated rings. The van der Waals surface area contributed by atoms with Gasteiger partial charge in [0.25, 0.3) is 5.91 Å². The summed E-state index contributed by atoms with van der Waals surface area (Å²) in [6, 6.07) is 9.76. The number of rotatable bonds is 3. The molecule has 5 heteroatoms. The van der Waals surface area contributed by atoms with Crippen LogP contribution in [0.2, 0.25) is 0 Å². The van der Waals surface area contributed by atoms with Gasteiger partial charge < -0.3 is 4.90 Å². The van der Waals surface area contributed by atoms with Crippen LogP contribution in [0, 0.1) is 11.6 Å². The molecule has 20 heavy (non-hydrogen) atoms. The van der Waals surface area contributed by atoms with Gasteiger partial charge in [-0.15, -0.1) is 0 Å². The molecule has 0 atom stereocenters. The summed E-state index contributed by atoms with van der Waals surface area (Å²) in [6.45, 7) is 2.25. The van der Waals surface area contributed by atoms with Gasteiger partial charge in [0, 0.05) is 17.8 Å². The van der Waals surface area contributed by atoms with Gasteiger partial charge in [0.2, 0.25) is 0 Å². The van der Waals surface area contributed by atoms with Crippen molar-refractivity contribution in [3.8, 4) is 0 Å². The van der Waals surface area contributed by atoms with Crippen molar-refractivity contribution in [2.75, 3.05) is 11.4 Å². The molecule has 104 valence electrons. The van der Waals surface area contributed by atoms with Gasteiger partial charge >= 0.3 is 0 Å². The zero-order valence-electron chi connectivity index (χ0n) is 10.7. The first kappa shape index (κ1) is 14.7. The Kier molecular flexibility index (Phi) is 4.49. The zero-order valence-corrected chi connectivity index (χ0v) is 12.3. The average molecular weight is 340 g/mol. The van der Waals surface area contributed by atoms with Crippen LogP contribution in [0.15, 0.2) is 46.9 Å². The maximum absolute atomic E-state index is 13.2. The largest absolute Gasteiger partial charge is 0.309 e. The second-order valence-corrected chi connectivity index (χ2v) is 5.01. The third-order valence-corrected chi connectivity index (χ3v) is 3.47. The molecular formula is C15H12BrF2NO. The quantitative estimate of drug-likeness (QED) is 0.811. The van der Waals surface area contributed by atoms with Crippen LogP contribution in [-0.2, 0) is 0 Å². The Morgan fingerprint density at radius 1 is 1.15 bits per heavy atom. The highest BCUT2D eigenvalue weighted by Crippen LogP contribution is 2.21. The van der Waals surface area contributed by atoms with Crippen molar-refractivity contribution < 1.29 is 13.6 Å². The van der Waals surface area contributed by atoms with Crippen molar-refractivity contribution in [3.63, 3.8) is 0 Å². The van der Waals surface area contributed by atoms with Crippen molar-refractivity contribution in [3.05, 3.63) is 64.1 Å². The predicted octanol–water partition coefficient (Wildman–Crippen LogP) is 4.39. The standard InChI is InChI=1S/C15H12BrF2NO/c1-2-19(12-6-4-11(17)5-7-12)15(20)10-3-8-14(18)13(16)9-10/h3-9H,2H2,1H3. The smallest absolute Gasteiger partial charge is 0.258 e. The van der Waals surface area contributed by atoms with Crippen LogP contribution in [0.25, 0.3) is 0 Å². The highest BCUT2D eigenvalue weighted by molar-refractivity contribution is 9.10. The van der Waals surface area contributed by atoms with Gasteiger partial charge in [-0.2, -0.15) is 0 Å². The van der Waals surface area contributed by atoms with Gasteiger partial charge in [-0.1, -0.05) is 0 Å². The number of anilines is 1. The fourth-order valence-corrected chi connectivity index (χ4v) is 2.23. The molecule has 2 aromatic rings.